The molecule has 0 unspecified atom stereocenters. The normalized spacial score (nSPS) is 14.7. The standard InChI is InChI=1S/C22H23FN2OS/c1-2-5-19-18-6-3-4-7-20(18)27-21(19)22(26)25-14-12-24(13-15-25)17-10-8-16(23)9-11-17/h3-4,6-11H,2,5,12-15H2,1H3. The number of nitrogens with zero attached hydrogens (tertiary/aromatic N) is 2. The molecular formula is C22H23FN2OS. The molecule has 0 aliphatic carbocycles. The van der Waals surface area contributed by atoms with Gasteiger partial charge in [0.25, 0.3) is 5.91 Å². The minimum absolute atomic E-state index is 0.151. The second-order valence-corrected chi connectivity index (χ2v) is 7.96. The van der Waals surface area contributed by atoms with Gasteiger partial charge in [0.05, 0.1) is 4.88 Å². The molecule has 1 aliphatic heterocycles. The number of thiophene rings is 1. The van der Waals surface area contributed by atoms with Crippen LogP contribution in [0.3, 0.4) is 0 Å². The van der Waals surface area contributed by atoms with Crippen LogP contribution in [-0.4, -0.2) is 37.0 Å². The monoisotopic (exact) mass is 382 g/mol. The van der Waals surface area contributed by atoms with Gasteiger partial charge in [0, 0.05) is 36.6 Å². The first-order valence-corrected chi connectivity index (χ1v) is 10.3. The summed E-state index contributed by atoms with van der Waals surface area (Å²) in [4.78, 5) is 18.3. The van der Waals surface area contributed by atoms with E-state index in [1.807, 2.05) is 17.0 Å². The summed E-state index contributed by atoms with van der Waals surface area (Å²) in [5.74, 6) is -0.0702. The average Bonchev–Trinajstić information content (AvgIpc) is 3.07. The zero-order valence-electron chi connectivity index (χ0n) is 15.5. The van der Waals surface area contributed by atoms with E-state index in [2.05, 4.69) is 24.0 Å². The van der Waals surface area contributed by atoms with Gasteiger partial charge in [-0.05, 0) is 47.7 Å². The van der Waals surface area contributed by atoms with E-state index in [1.54, 1.807) is 23.5 Å². The zero-order chi connectivity index (χ0) is 18.8. The molecule has 1 fully saturated rings. The van der Waals surface area contributed by atoms with Gasteiger partial charge in [0.15, 0.2) is 0 Å². The molecule has 1 saturated heterocycles. The molecule has 0 radical (unpaired) electrons. The molecule has 140 valence electrons. The smallest absolute Gasteiger partial charge is 0.264 e. The number of rotatable bonds is 4. The van der Waals surface area contributed by atoms with Gasteiger partial charge in [-0.3, -0.25) is 4.79 Å². The van der Waals surface area contributed by atoms with Crippen molar-refractivity contribution >= 4 is 33.0 Å². The lowest BCUT2D eigenvalue weighted by Gasteiger charge is -2.36. The van der Waals surface area contributed by atoms with Crippen LogP contribution in [0.25, 0.3) is 10.1 Å². The highest BCUT2D eigenvalue weighted by atomic mass is 32.1. The quantitative estimate of drug-likeness (QED) is 0.637. The van der Waals surface area contributed by atoms with E-state index in [1.165, 1.54) is 27.8 Å². The van der Waals surface area contributed by atoms with Crippen LogP contribution in [0.15, 0.2) is 48.5 Å². The number of amides is 1. The van der Waals surface area contributed by atoms with E-state index in [4.69, 9.17) is 0 Å². The van der Waals surface area contributed by atoms with E-state index in [0.717, 1.165) is 36.5 Å². The summed E-state index contributed by atoms with van der Waals surface area (Å²) in [7, 11) is 0. The van der Waals surface area contributed by atoms with Crippen LogP contribution in [0, 0.1) is 5.82 Å². The Hall–Kier alpha value is -2.40. The van der Waals surface area contributed by atoms with Crippen LogP contribution < -0.4 is 4.90 Å². The number of aryl methyl sites for hydroxylation is 1. The number of hydrogen-bond acceptors (Lipinski definition) is 3. The Morgan fingerprint density at radius 3 is 2.44 bits per heavy atom. The number of hydrogen-bond donors (Lipinski definition) is 0. The van der Waals surface area contributed by atoms with E-state index in [9.17, 15) is 9.18 Å². The van der Waals surface area contributed by atoms with Gasteiger partial charge in [-0.15, -0.1) is 11.3 Å². The Morgan fingerprint density at radius 2 is 1.74 bits per heavy atom. The summed E-state index contributed by atoms with van der Waals surface area (Å²) in [6.45, 7) is 5.07. The summed E-state index contributed by atoms with van der Waals surface area (Å²) >= 11 is 1.62. The lowest BCUT2D eigenvalue weighted by atomic mass is 10.1. The minimum Gasteiger partial charge on any atom is -0.368 e. The predicted octanol–water partition coefficient (Wildman–Crippen LogP) is 4.96. The Morgan fingerprint density at radius 1 is 1.04 bits per heavy atom. The Bertz CT molecular complexity index is 943. The summed E-state index contributed by atoms with van der Waals surface area (Å²) in [5.41, 5.74) is 2.21. The van der Waals surface area contributed by atoms with Gasteiger partial charge in [-0.25, -0.2) is 4.39 Å². The van der Waals surface area contributed by atoms with Crippen molar-refractivity contribution in [1.82, 2.24) is 4.90 Å². The molecule has 27 heavy (non-hydrogen) atoms. The van der Waals surface area contributed by atoms with E-state index in [0.29, 0.717) is 13.1 Å². The summed E-state index contributed by atoms with van der Waals surface area (Å²) in [6.07, 6.45) is 1.96. The molecule has 0 spiro atoms. The maximum Gasteiger partial charge on any atom is 0.264 e. The largest absolute Gasteiger partial charge is 0.368 e. The average molecular weight is 383 g/mol. The Balaban J connectivity index is 1.52. The van der Waals surface area contributed by atoms with Crippen molar-refractivity contribution in [3.63, 3.8) is 0 Å². The highest BCUT2D eigenvalue weighted by Gasteiger charge is 2.26. The van der Waals surface area contributed by atoms with Crippen molar-refractivity contribution in [3.05, 3.63) is 64.8 Å². The van der Waals surface area contributed by atoms with Crippen LogP contribution in [0.5, 0.6) is 0 Å². The van der Waals surface area contributed by atoms with E-state index in [-0.39, 0.29) is 11.7 Å². The first-order chi connectivity index (χ1) is 13.2. The van der Waals surface area contributed by atoms with Gasteiger partial charge < -0.3 is 9.80 Å². The maximum atomic E-state index is 13.2. The second kappa shape index (κ2) is 7.69. The van der Waals surface area contributed by atoms with Crippen LogP contribution in [-0.2, 0) is 6.42 Å². The van der Waals surface area contributed by atoms with Crippen LogP contribution >= 0.6 is 11.3 Å². The molecule has 2 aromatic carbocycles. The van der Waals surface area contributed by atoms with Gasteiger partial charge in [0.2, 0.25) is 0 Å². The van der Waals surface area contributed by atoms with Crippen molar-refractivity contribution in [2.45, 2.75) is 19.8 Å². The molecule has 1 amide bonds. The molecule has 4 rings (SSSR count). The highest BCUT2D eigenvalue weighted by Crippen LogP contribution is 2.33. The highest BCUT2D eigenvalue weighted by molar-refractivity contribution is 7.21. The summed E-state index contributed by atoms with van der Waals surface area (Å²) < 4.78 is 14.3. The van der Waals surface area contributed by atoms with Crippen LogP contribution in [0.1, 0.15) is 28.6 Å². The number of fused-ring (bicyclic) bond motifs is 1. The molecule has 1 aliphatic rings. The van der Waals surface area contributed by atoms with Gasteiger partial charge >= 0.3 is 0 Å². The topological polar surface area (TPSA) is 23.6 Å². The molecule has 0 atom stereocenters. The molecule has 3 nitrogen and oxygen atoms in total. The van der Waals surface area contributed by atoms with Crippen molar-refractivity contribution in [2.75, 3.05) is 31.1 Å². The van der Waals surface area contributed by atoms with Gasteiger partial charge in [-0.1, -0.05) is 31.5 Å². The fourth-order valence-electron chi connectivity index (χ4n) is 3.73. The van der Waals surface area contributed by atoms with Crippen LogP contribution in [0.2, 0.25) is 0 Å². The molecule has 0 N–H and O–H groups in total. The third-order valence-corrected chi connectivity index (χ3v) is 6.35. The Labute approximate surface area is 163 Å². The molecule has 5 heteroatoms. The zero-order valence-corrected chi connectivity index (χ0v) is 16.3. The predicted molar refractivity (Wildman–Crippen MR) is 110 cm³/mol. The maximum absolute atomic E-state index is 13.2. The number of benzene rings is 2. The second-order valence-electron chi connectivity index (χ2n) is 6.91. The molecule has 0 bridgehead atoms. The third-order valence-electron chi connectivity index (χ3n) is 5.15. The first-order valence-electron chi connectivity index (χ1n) is 9.47. The number of halogens is 1. The lowest BCUT2D eigenvalue weighted by Crippen LogP contribution is -2.48. The fraction of sp³-hybridized carbons (Fsp3) is 0.318. The summed E-state index contributed by atoms with van der Waals surface area (Å²) in [5, 5.41) is 1.22. The SMILES string of the molecule is CCCc1c(C(=O)N2CCN(c3ccc(F)cc3)CC2)sc2ccccc12. The van der Waals surface area contributed by atoms with Crippen molar-refractivity contribution in [1.29, 1.82) is 0 Å². The molecule has 2 heterocycles. The molecule has 3 aromatic rings. The first kappa shape index (κ1) is 18.0. The van der Waals surface area contributed by atoms with Gasteiger partial charge in [-0.2, -0.15) is 0 Å². The van der Waals surface area contributed by atoms with E-state index >= 15 is 0 Å². The van der Waals surface area contributed by atoms with E-state index < -0.39 is 0 Å². The number of carbonyl (C=O) groups excluding carboxylic acids is 1. The number of carbonyl (C=O) groups is 1. The lowest BCUT2D eigenvalue weighted by molar-refractivity contribution is 0.0751. The fourth-order valence-corrected chi connectivity index (χ4v) is 4.95. The third kappa shape index (κ3) is 3.56. The van der Waals surface area contributed by atoms with Crippen molar-refractivity contribution < 1.29 is 9.18 Å². The molecule has 1 aromatic heterocycles. The number of piperazine rings is 1. The Kier molecular flexibility index (Phi) is 5.12. The summed E-state index contributed by atoms with van der Waals surface area (Å²) in [6, 6.07) is 14.9. The van der Waals surface area contributed by atoms with Gasteiger partial charge in [0.1, 0.15) is 5.82 Å². The number of anilines is 1. The minimum atomic E-state index is -0.222. The molecular weight excluding hydrogens is 359 g/mol. The molecule has 0 saturated carbocycles. The van der Waals surface area contributed by atoms with Crippen molar-refractivity contribution in [3.8, 4) is 0 Å². The van der Waals surface area contributed by atoms with Crippen LogP contribution in [0.4, 0.5) is 10.1 Å². The van der Waals surface area contributed by atoms with Crippen molar-refractivity contribution in [2.24, 2.45) is 0 Å².